The Bertz CT molecular complexity index is 668. The second-order valence-corrected chi connectivity index (χ2v) is 6.61. The van der Waals surface area contributed by atoms with E-state index in [9.17, 15) is 9.90 Å². The van der Waals surface area contributed by atoms with E-state index in [0.29, 0.717) is 6.54 Å². The van der Waals surface area contributed by atoms with Crippen molar-refractivity contribution in [3.63, 3.8) is 0 Å². The van der Waals surface area contributed by atoms with Crippen LogP contribution in [-0.4, -0.2) is 39.0 Å². The van der Waals surface area contributed by atoms with Crippen LogP contribution in [0.5, 0.6) is 0 Å². The minimum absolute atomic E-state index is 0.0474. The van der Waals surface area contributed by atoms with Crippen LogP contribution in [0.25, 0.3) is 0 Å². The number of benzene rings is 1. The molecule has 5 heteroatoms. The van der Waals surface area contributed by atoms with Gasteiger partial charge in [0.25, 0.3) is 0 Å². The summed E-state index contributed by atoms with van der Waals surface area (Å²) < 4.78 is 0. The number of carboxylic acid groups (broad SMARTS) is 1. The third kappa shape index (κ3) is 3.85. The first-order valence-electron chi connectivity index (χ1n) is 8.70. The molecule has 5 nitrogen and oxygen atoms in total. The number of aliphatic carboxylic acids is 1. The predicted molar refractivity (Wildman–Crippen MR) is 92.8 cm³/mol. The van der Waals surface area contributed by atoms with E-state index in [1.165, 1.54) is 0 Å². The van der Waals surface area contributed by atoms with E-state index < -0.39 is 5.97 Å². The van der Waals surface area contributed by atoms with Gasteiger partial charge in [-0.05, 0) is 12.0 Å². The number of nitrogens with one attached hydrogen (secondary N) is 1. The Morgan fingerprint density at radius 2 is 2.12 bits per heavy atom. The molecule has 1 saturated heterocycles. The van der Waals surface area contributed by atoms with Gasteiger partial charge in [0.1, 0.15) is 5.82 Å². The molecule has 2 atom stereocenters. The summed E-state index contributed by atoms with van der Waals surface area (Å²) in [5.74, 6) is 0.0149. The Hall–Kier alpha value is -2.14. The van der Waals surface area contributed by atoms with E-state index in [1.807, 2.05) is 36.5 Å². The number of hydrogen-bond donors (Lipinski definition) is 2. The van der Waals surface area contributed by atoms with Crippen molar-refractivity contribution in [1.82, 2.24) is 14.9 Å². The van der Waals surface area contributed by atoms with Crippen molar-refractivity contribution in [3.8, 4) is 0 Å². The summed E-state index contributed by atoms with van der Waals surface area (Å²) in [5.41, 5.74) is 2.18. The molecule has 1 aromatic carbocycles. The molecule has 0 saturated carbocycles. The third-order valence-electron chi connectivity index (χ3n) is 4.78. The lowest BCUT2D eigenvalue weighted by molar-refractivity contribution is -0.141. The standard InChI is InChI=1S/C19H25N3O2/c1-2-3-9-18-20-10-15(21-18)11-22-12-16(17(13-22)19(23)24)14-7-5-4-6-8-14/h4-8,10,16-17H,2-3,9,11-13H2,1H3,(H,20,21)(H,23,24)/t16-,17+/m0/s1. The highest BCUT2D eigenvalue weighted by Crippen LogP contribution is 2.33. The Labute approximate surface area is 142 Å². The van der Waals surface area contributed by atoms with E-state index in [0.717, 1.165) is 49.4 Å². The van der Waals surface area contributed by atoms with Crippen molar-refractivity contribution >= 4 is 5.97 Å². The van der Waals surface area contributed by atoms with E-state index in [1.54, 1.807) is 0 Å². The molecule has 1 aliphatic heterocycles. The fraction of sp³-hybridized carbons (Fsp3) is 0.474. The average Bonchev–Trinajstić information content (AvgIpc) is 3.21. The molecular formula is C19H25N3O2. The Morgan fingerprint density at radius 3 is 2.83 bits per heavy atom. The minimum atomic E-state index is -0.709. The second-order valence-electron chi connectivity index (χ2n) is 6.61. The van der Waals surface area contributed by atoms with Crippen LogP contribution in [0.1, 0.15) is 42.8 Å². The maximum absolute atomic E-state index is 11.7. The second kappa shape index (κ2) is 7.62. The van der Waals surface area contributed by atoms with Crippen LogP contribution >= 0.6 is 0 Å². The number of H-pyrrole nitrogens is 1. The van der Waals surface area contributed by atoms with Gasteiger partial charge in [0.2, 0.25) is 0 Å². The topological polar surface area (TPSA) is 69.2 Å². The first-order valence-corrected chi connectivity index (χ1v) is 8.70. The Balaban J connectivity index is 1.67. The zero-order valence-corrected chi connectivity index (χ0v) is 14.1. The van der Waals surface area contributed by atoms with Crippen LogP contribution in [0.4, 0.5) is 0 Å². The zero-order valence-electron chi connectivity index (χ0n) is 14.1. The minimum Gasteiger partial charge on any atom is -0.481 e. The highest BCUT2D eigenvalue weighted by molar-refractivity contribution is 5.72. The Morgan fingerprint density at radius 1 is 1.33 bits per heavy atom. The number of nitrogens with zero attached hydrogens (tertiary/aromatic N) is 2. The lowest BCUT2D eigenvalue weighted by Crippen LogP contribution is -2.23. The van der Waals surface area contributed by atoms with E-state index >= 15 is 0 Å². The number of aryl methyl sites for hydroxylation is 1. The van der Waals surface area contributed by atoms with Gasteiger partial charge in [-0.25, -0.2) is 4.98 Å². The van der Waals surface area contributed by atoms with Crippen LogP contribution in [0.15, 0.2) is 36.5 Å². The number of imidazole rings is 1. The fourth-order valence-corrected chi connectivity index (χ4v) is 3.50. The normalized spacial score (nSPS) is 21.2. The van der Waals surface area contributed by atoms with Crippen molar-refractivity contribution < 1.29 is 9.90 Å². The maximum Gasteiger partial charge on any atom is 0.308 e. The molecule has 0 bridgehead atoms. The van der Waals surface area contributed by atoms with Crippen LogP contribution in [0, 0.1) is 5.92 Å². The molecule has 1 aliphatic rings. The molecule has 0 unspecified atom stereocenters. The summed E-state index contributed by atoms with van der Waals surface area (Å²) in [5, 5.41) is 9.58. The number of aromatic nitrogens is 2. The summed E-state index contributed by atoms with van der Waals surface area (Å²) in [6.07, 6.45) is 5.15. The highest BCUT2D eigenvalue weighted by Gasteiger charge is 2.38. The van der Waals surface area contributed by atoms with Gasteiger partial charge in [-0.1, -0.05) is 43.7 Å². The molecular weight excluding hydrogens is 302 g/mol. The largest absolute Gasteiger partial charge is 0.481 e. The Kier molecular flexibility index (Phi) is 5.30. The third-order valence-corrected chi connectivity index (χ3v) is 4.78. The van der Waals surface area contributed by atoms with Crippen molar-refractivity contribution in [2.45, 2.75) is 38.6 Å². The molecule has 0 aliphatic carbocycles. The fourth-order valence-electron chi connectivity index (χ4n) is 3.50. The monoisotopic (exact) mass is 327 g/mol. The smallest absolute Gasteiger partial charge is 0.308 e. The van der Waals surface area contributed by atoms with E-state index in [-0.39, 0.29) is 11.8 Å². The van der Waals surface area contributed by atoms with Crippen molar-refractivity contribution in [1.29, 1.82) is 0 Å². The van der Waals surface area contributed by atoms with Crippen LogP contribution in [0.3, 0.4) is 0 Å². The number of rotatable bonds is 7. The summed E-state index contributed by atoms with van der Waals surface area (Å²) in [7, 11) is 0. The molecule has 0 radical (unpaired) electrons. The van der Waals surface area contributed by atoms with Gasteiger partial charge in [0, 0.05) is 43.9 Å². The summed E-state index contributed by atoms with van der Waals surface area (Å²) in [6, 6.07) is 9.98. The number of carbonyl (C=O) groups is 1. The van der Waals surface area contributed by atoms with Crippen LogP contribution < -0.4 is 0 Å². The molecule has 0 spiro atoms. The van der Waals surface area contributed by atoms with Gasteiger partial charge in [0.15, 0.2) is 0 Å². The number of aromatic amines is 1. The molecule has 2 heterocycles. The first kappa shape index (κ1) is 16.7. The average molecular weight is 327 g/mol. The molecule has 3 rings (SSSR count). The van der Waals surface area contributed by atoms with Gasteiger partial charge in [0.05, 0.1) is 5.92 Å². The molecule has 1 aromatic heterocycles. The molecule has 0 amide bonds. The van der Waals surface area contributed by atoms with Crippen LogP contribution in [-0.2, 0) is 17.8 Å². The van der Waals surface area contributed by atoms with E-state index in [4.69, 9.17) is 0 Å². The quantitative estimate of drug-likeness (QED) is 0.820. The van der Waals surface area contributed by atoms with Gasteiger partial charge in [-0.3, -0.25) is 9.69 Å². The van der Waals surface area contributed by atoms with Crippen molar-refractivity contribution in [2.24, 2.45) is 5.92 Å². The molecule has 24 heavy (non-hydrogen) atoms. The summed E-state index contributed by atoms with van der Waals surface area (Å²) >= 11 is 0. The zero-order chi connectivity index (χ0) is 16.9. The maximum atomic E-state index is 11.7. The molecule has 2 N–H and O–H groups in total. The highest BCUT2D eigenvalue weighted by atomic mass is 16.4. The molecule has 1 fully saturated rings. The van der Waals surface area contributed by atoms with Gasteiger partial charge in [-0.2, -0.15) is 0 Å². The van der Waals surface area contributed by atoms with E-state index in [2.05, 4.69) is 21.8 Å². The van der Waals surface area contributed by atoms with Gasteiger partial charge >= 0.3 is 5.97 Å². The van der Waals surface area contributed by atoms with Crippen LogP contribution in [0.2, 0.25) is 0 Å². The number of hydrogen-bond acceptors (Lipinski definition) is 3. The van der Waals surface area contributed by atoms with Crippen molar-refractivity contribution in [2.75, 3.05) is 13.1 Å². The molecule has 2 aromatic rings. The summed E-state index contributed by atoms with van der Waals surface area (Å²) in [4.78, 5) is 21.7. The first-order chi connectivity index (χ1) is 11.7. The SMILES string of the molecule is CCCCc1ncc(CN2C[C@@H](C(=O)O)[C@H](c3ccccc3)C2)[nH]1. The lowest BCUT2D eigenvalue weighted by atomic mass is 9.89. The number of unbranched alkanes of at least 4 members (excludes halogenated alkanes) is 1. The predicted octanol–water partition coefficient (Wildman–Crippen LogP) is 3.05. The number of likely N-dealkylation sites (tertiary alicyclic amines) is 1. The molecule has 128 valence electrons. The lowest BCUT2D eigenvalue weighted by Gasteiger charge is -2.15. The van der Waals surface area contributed by atoms with Crippen molar-refractivity contribution in [3.05, 3.63) is 53.6 Å². The van der Waals surface area contributed by atoms with Gasteiger partial charge in [-0.15, -0.1) is 0 Å². The number of carboxylic acids is 1. The summed E-state index contributed by atoms with van der Waals surface area (Å²) in [6.45, 7) is 4.25. The van der Waals surface area contributed by atoms with Gasteiger partial charge < -0.3 is 10.1 Å².